The second-order valence-corrected chi connectivity index (χ2v) is 3.82. The second kappa shape index (κ2) is 4.94. The van der Waals surface area contributed by atoms with E-state index >= 15 is 0 Å². The minimum Gasteiger partial charge on any atom is -0.359 e. The molecule has 0 fully saturated rings. The molecule has 0 aliphatic carbocycles. The third-order valence-electron chi connectivity index (χ3n) is 1.42. The average Bonchev–Trinajstić information content (AvgIpc) is 2.14. The monoisotopic (exact) mass is 245 g/mol. The molecule has 0 aliphatic heterocycles. The van der Waals surface area contributed by atoms with E-state index in [-0.39, 0.29) is 16.7 Å². The van der Waals surface area contributed by atoms with Gasteiger partial charge in [-0.05, 0) is 41.9 Å². The van der Waals surface area contributed by atoms with Crippen molar-refractivity contribution in [2.24, 2.45) is 5.73 Å². The summed E-state index contributed by atoms with van der Waals surface area (Å²) in [5.41, 5.74) is 0.918. The molecule has 0 heterocycles. The van der Waals surface area contributed by atoms with E-state index in [0.29, 0.717) is 5.56 Å². The van der Waals surface area contributed by atoms with Crippen LogP contribution in [-0.4, -0.2) is 11.4 Å². The molecule has 1 aromatic carbocycles. The molecule has 0 bridgehead atoms. The van der Waals surface area contributed by atoms with Crippen molar-refractivity contribution < 1.29 is 18.0 Å². The number of rotatable bonds is 1. The molecule has 0 atom stereocenters. The van der Waals surface area contributed by atoms with Gasteiger partial charge in [0, 0.05) is 10.5 Å². The van der Waals surface area contributed by atoms with Gasteiger partial charge >= 0.3 is 5.51 Å². The van der Waals surface area contributed by atoms with E-state index in [4.69, 9.17) is 5.73 Å². The molecule has 84 valence electrons. The van der Waals surface area contributed by atoms with Crippen LogP contribution in [0.2, 0.25) is 0 Å². The maximum Gasteiger partial charge on any atom is 0.446 e. The van der Waals surface area contributed by atoms with Crippen LogP contribution in [-0.2, 0) is 4.79 Å². The minimum atomic E-state index is -4.31. The largest absolute Gasteiger partial charge is 0.446 e. The van der Waals surface area contributed by atoms with Gasteiger partial charge in [0.1, 0.15) is 0 Å². The Bertz CT molecular complexity index is 442. The summed E-state index contributed by atoms with van der Waals surface area (Å²) < 4.78 is 35.9. The number of amides is 1. The fourth-order valence-electron chi connectivity index (χ4n) is 0.874. The fourth-order valence-corrected chi connectivity index (χ4v) is 1.41. The van der Waals surface area contributed by atoms with E-state index in [1.165, 1.54) is 24.3 Å². The van der Waals surface area contributed by atoms with E-state index in [9.17, 15) is 18.0 Å². The quantitative estimate of drug-likeness (QED) is 0.608. The smallest absolute Gasteiger partial charge is 0.359 e. The predicted molar refractivity (Wildman–Crippen MR) is 54.4 cm³/mol. The highest BCUT2D eigenvalue weighted by Crippen LogP contribution is 2.36. The zero-order valence-corrected chi connectivity index (χ0v) is 8.65. The van der Waals surface area contributed by atoms with E-state index in [0.717, 1.165) is 0 Å². The molecular formula is C10H6F3NOS. The highest BCUT2D eigenvalue weighted by Gasteiger charge is 2.28. The molecule has 1 amide bonds. The molecule has 0 spiro atoms. The van der Waals surface area contributed by atoms with E-state index in [1.54, 1.807) is 0 Å². The van der Waals surface area contributed by atoms with Gasteiger partial charge < -0.3 is 5.73 Å². The van der Waals surface area contributed by atoms with Crippen LogP contribution in [0.4, 0.5) is 13.2 Å². The summed E-state index contributed by atoms with van der Waals surface area (Å²) in [5.74, 6) is 3.72. The first kappa shape index (κ1) is 12.5. The summed E-state index contributed by atoms with van der Waals surface area (Å²) >= 11 is -0.206. The SMILES string of the molecule is NC(=O)C#Cc1ccc(SC(F)(F)F)cc1. The van der Waals surface area contributed by atoms with Gasteiger partial charge in [-0.1, -0.05) is 5.92 Å². The number of halogens is 3. The summed E-state index contributed by atoms with van der Waals surface area (Å²) in [6.07, 6.45) is 0. The Kier molecular flexibility index (Phi) is 3.85. The molecule has 2 nitrogen and oxygen atoms in total. The fraction of sp³-hybridized carbons (Fsp3) is 0.100. The lowest BCUT2D eigenvalue weighted by Gasteiger charge is -2.04. The van der Waals surface area contributed by atoms with Crippen LogP contribution in [0.3, 0.4) is 0 Å². The second-order valence-electron chi connectivity index (χ2n) is 2.69. The maximum atomic E-state index is 12.0. The lowest BCUT2D eigenvalue weighted by Crippen LogP contribution is -2.06. The summed E-state index contributed by atoms with van der Waals surface area (Å²) in [5, 5.41) is 0. The summed E-state index contributed by atoms with van der Waals surface area (Å²) in [6.45, 7) is 0. The zero-order valence-electron chi connectivity index (χ0n) is 7.84. The Morgan fingerprint density at radius 3 is 2.25 bits per heavy atom. The molecule has 0 saturated heterocycles. The Morgan fingerprint density at radius 2 is 1.81 bits per heavy atom. The van der Waals surface area contributed by atoms with Gasteiger partial charge in [-0.25, -0.2) is 0 Å². The van der Waals surface area contributed by atoms with Crippen LogP contribution in [0.15, 0.2) is 29.2 Å². The van der Waals surface area contributed by atoms with Crippen molar-refractivity contribution in [3.63, 3.8) is 0 Å². The number of thioether (sulfide) groups is 1. The molecule has 0 aliphatic rings. The minimum absolute atomic E-state index is 0.0668. The van der Waals surface area contributed by atoms with Crippen molar-refractivity contribution in [1.82, 2.24) is 0 Å². The van der Waals surface area contributed by atoms with Crippen molar-refractivity contribution >= 4 is 17.7 Å². The molecule has 1 aromatic rings. The summed E-state index contributed by atoms with van der Waals surface area (Å²) in [4.78, 5) is 10.4. The van der Waals surface area contributed by atoms with Gasteiger partial charge in [0.25, 0.3) is 5.91 Å². The van der Waals surface area contributed by atoms with Crippen LogP contribution >= 0.6 is 11.8 Å². The van der Waals surface area contributed by atoms with Gasteiger partial charge in [0.15, 0.2) is 0 Å². The average molecular weight is 245 g/mol. The van der Waals surface area contributed by atoms with Crippen molar-refractivity contribution in [3.8, 4) is 11.8 Å². The molecule has 2 N–H and O–H groups in total. The molecular weight excluding hydrogens is 239 g/mol. The number of carbonyl (C=O) groups is 1. The molecule has 0 saturated carbocycles. The van der Waals surface area contributed by atoms with Gasteiger partial charge in [-0.3, -0.25) is 4.79 Å². The highest BCUT2D eigenvalue weighted by molar-refractivity contribution is 8.00. The lowest BCUT2D eigenvalue weighted by atomic mass is 10.2. The Hall–Kier alpha value is -1.61. The van der Waals surface area contributed by atoms with Crippen LogP contribution in [0, 0.1) is 11.8 Å². The van der Waals surface area contributed by atoms with E-state index < -0.39 is 11.4 Å². The Morgan fingerprint density at radius 1 is 1.25 bits per heavy atom. The van der Waals surface area contributed by atoms with Crippen molar-refractivity contribution in [1.29, 1.82) is 0 Å². The van der Waals surface area contributed by atoms with Gasteiger partial charge in [-0.2, -0.15) is 13.2 Å². The molecule has 0 unspecified atom stereocenters. The topological polar surface area (TPSA) is 43.1 Å². The standard InChI is InChI=1S/C10H6F3NOS/c11-10(12,13)16-8-4-1-7(2-5-8)3-6-9(14)15/h1-2,4-5H,(H2,14,15). The van der Waals surface area contributed by atoms with Crippen LogP contribution in [0.5, 0.6) is 0 Å². The van der Waals surface area contributed by atoms with Gasteiger partial charge in [0.05, 0.1) is 0 Å². The summed E-state index contributed by atoms with van der Waals surface area (Å²) in [7, 11) is 0. The molecule has 0 radical (unpaired) electrons. The third kappa shape index (κ3) is 4.75. The number of alkyl halides is 3. The van der Waals surface area contributed by atoms with Crippen LogP contribution in [0.1, 0.15) is 5.56 Å². The van der Waals surface area contributed by atoms with Gasteiger partial charge in [0.2, 0.25) is 0 Å². The zero-order chi connectivity index (χ0) is 12.2. The summed E-state index contributed by atoms with van der Waals surface area (Å²) in [6, 6.07) is 5.35. The van der Waals surface area contributed by atoms with Crippen molar-refractivity contribution in [3.05, 3.63) is 29.8 Å². The molecule has 1 rings (SSSR count). The molecule has 16 heavy (non-hydrogen) atoms. The lowest BCUT2D eigenvalue weighted by molar-refractivity contribution is -0.112. The highest BCUT2D eigenvalue weighted by atomic mass is 32.2. The first-order valence-corrected chi connectivity index (χ1v) is 4.86. The maximum absolute atomic E-state index is 12.0. The van der Waals surface area contributed by atoms with Crippen molar-refractivity contribution in [2.75, 3.05) is 0 Å². The number of benzene rings is 1. The number of hydrogen-bond donors (Lipinski definition) is 1. The number of primary amides is 1. The molecule has 6 heteroatoms. The Labute approximate surface area is 94.0 Å². The first-order valence-electron chi connectivity index (χ1n) is 4.04. The number of carbonyl (C=O) groups excluding carboxylic acids is 1. The Balaban J connectivity index is 2.77. The first-order chi connectivity index (χ1) is 7.37. The van der Waals surface area contributed by atoms with Crippen molar-refractivity contribution in [2.45, 2.75) is 10.4 Å². The predicted octanol–water partition coefficient (Wildman–Crippen LogP) is 2.14. The number of nitrogens with two attached hydrogens (primary N) is 1. The number of hydrogen-bond acceptors (Lipinski definition) is 2. The molecule has 0 aromatic heterocycles. The third-order valence-corrected chi connectivity index (χ3v) is 2.16. The normalized spacial score (nSPS) is 10.4. The van der Waals surface area contributed by atoms with Gasteiger partial charge in [-0.15, -0.1) is 0 Å². The van der Waals surface area contributed by atoms with E-state index in [1.807, 2.05) is 0 Å². The van der Waals surface area contributed by atoms with E-state index in [2.05, 4.69) is 11.8 Å². The van der Waals surface area contributed by atoms with Crippen LogP contribution in [0.25, 0.3) is 0 Å². The van der Waals surface area contributed by atoms with Crippen LogP contribution < -0.4 is 5.73 Å².